The molecule has 0 saturated heterocycles. The minimum atomic E-state index is 0.643. The topological polar surface area (TPSA) is 56.5 Å². The van der Waals surface area contributed by atoms with Crippen LogP contribution in [0.5, 0.6) is 0 Å². The summed E-state index contributed by atoms with van der Waals surface area (Å²) in [6, 6.07) is 33.7. The van der Waals surface area contributed by atoms with Gasteiger partial charge in [-0.2, -0.15) is 0 Å². The smallest absolute Gasteiger partial charge is 0.235 e. The van der Waals surface area contributed by atoms with Crippen LogP contribution in [0.4, 0.5) is 0 Å². The van der Waals surface area contributed by atoms with Gasteiger partial charge in [-0.3, -0.25) is 14.5 Å². The van der Waals surface area contributed by atoms with Crippen LogP contribution in [0.3, 0.4) is 0 Å². The molecule has 0 amide bonds. The van der Waals surface area contributed by atoms with Crippen molar-refractivity contribution in [3.05, 3.63) is 127 Å². The molecule has 0 fully saturated rings. The van der Waals surface area contributed by atoms with E-state index >= 15 is 0 Å². The van der Waals surface area contributed by atoms with Crippen molar-refractivity contribution >= 4 is 43.2 Å². The predicted molar refractivity (Wildman–Crippen MR) is 164 cm³/mol. The third-order valence-corrected chi connectivity index (χ3v) is 8.29. The van der Waals surface area contributed by atoms with Crippen LogP contribution < -0.4 is 0 Å². The highest BCUT2D eigenvalue weighted by atomic mass is 32.1. The highest BCUT2D eigenvalue weighted by Gasteiger charge is 2.18. The highest BCUT2D eigenvalue weighted by Crippen LogP contribution is 2.39. The van der Waals surface area contributed by atoms with E-state index in [1.807, 2.05) is 36.7 Å². The first-order chi connectivity index (χ1) is 19.8. The zero-order valence-corrected chi connectivity index (χ0v) is 22.1. The van der Waals surface area contributed by atoms with Gasteiger partial charge in [-0.05, 0) is 70.4 Å². The molecular weight excluding hydrogens is 510 g/mol. The van der Waals surface area contributed by atoms with Crippen LogP contribution in [0.25, 0.3) is 71.5 Å². The fourth-order valence-corrected chi connectivity index (χ4v) is 6.38. The molecule has 0 spiro atoms. The monoisotopic (exact) mass is 531 g/mol. The lowest BCUT2D eigenvalue weighted by atomic mass is 10.0. The van der Waals surface area contributed by atoms with Crippen molar-refractivity contribution in [1.29, 1.82) is 0 Å². The molecule has 3 aromatic carbocycles. The van der Waals surface area contributed by atoms with Crippen LogP contribution in [-0.4, -0.2) is 24.5 Å². The predicted octanol–water partition coefficient (Wildman–Crippen LogP) is 8.58. The standard InChI is InChI=1S/C34H21N5S/c1-2-4-30-27(3-1)32-31(10-9-26-15-20-40-33(26)32)39(30)34-37-28(21-29(38-34)25-13-18-36-19-14-25)24-7-5-22(6-8-24)23-11-16-35-17-12-23/h1-21H. The van der Waals surface area contributed by atoms with Gasteiger partial charge in [0.05, 0.1) is 22.4 Å². The average molecular weight is 532 g/mol. The summed E-state index contributed by atoms with van der Waals surface area (Å²) in [6.45, 7) is 0. The van der Waals surface area contributed by atoms with E-state index in [1.165, 1.54) is 20.9 Å². The average Bonchev–Trinajstić information content (AvgIpc) is 3.64. The zero-order valence-electron chi connectivity index (χ0n) is 21.3. The Morgan fingerprint density at radius 1 is 0.550 bits per heavy atom. The van der Waals surface area contributed by atoms with Crippen LogP contribution in [0.15, 0.2) is 127 Å². The summed E-state index contributed by atoms with van der Waals surface area (Å²) in [5.74, 6) is 0.643. The number of hydrogen-bond donors (Lipinski definition) is 0. The number of benzene rings is 3. The van der Waals surface area contributed by atoms with Gasteiger partial charge in [-0.25, -0.2) is 9.97 Å². The van der Waals surface area contributed by atoms with Crippen LogP contribution in [-0.2, 0) is 0 Å². The van der Waals surface area contributed by atoms with Crippen molar-refractivity contribution in [1.82, 2.24) is 24.5 Å². The summed E-state index contributed by atoms with van der Waals surface area (Å²) in [4.78, 5) is 18.7. The number of rotatable bonds is 4. The van der Waals surface area contributed by atoms with E-state index in [1.54, 1.807) is 23.7 Å². The van der Waals surface area contributed by atoms with E-state index in [0.717, 1.165) is 44.7 Å². The van der Waals surface area contributed by atoms with Crippen LogP contribution in [0.2, 0.25) is 0 Å². The quantitative estimate of drug-likeness (QED) is 0.228. The molecule has 188 valence electrons. The molecule has 5 aromatic heterocycles. The Balaban J connectivity index is 1.38. The third kappa shape index (κ3) is 3.69. The van der Waals surface area contributed by atoms with Crippen molar-refractivity contribution in [3.8, 4) is 39.6 Å². The second-order valence-corrected chi connectivity index (χ2v) is 10.6. The number of fused-ring (bicyclic) bond motifs is 5. The van der Waals surface area contributed by atoms with Crippen molar-refractivity contribution in [3.63, 3.8) is 0 Å². The highest BCUT2D eigenvalue weighted by molar-refractivity contribution is 7.18. The van der Waals surface area contributed by atoms with Crippen molar-refractivity contribution in [2.24, 2.45) is 0 Å². The van der Waals surface area contributed by atoms with Crippen LogP contribution in [0.1, 0.15) is 0 Å². The van der Waals surface area contributed by atoms with Crippen molar-refractivity contribution < 1.29 is 0 Å². The lowest BCUT2D eigenvalue weighted by Crippen LogP contribution is -2.04. The fourth-order valence-electron chi connectivity index (χ4n) is 5.42. The van der Waals surface area contributed by atoms with Gasteiger partial charge in [-0.1, -0.05) is 48.5 Å². The summed E-state index contributed by atoms with van der Waals surface area (Å²) < 4.78 is 3.48. The first kappa shape index (κ1) is 22.8. The molecule has 6 heteroatoms. The summed E-state index contributed by atoms with van der Waals surface area (Å²) in [7, 11) is 0. The number of aromatic nitrogens is 5. The molecule has 0 N–H and O–H groups in total. The van der Waals surface area contributed by atoms with Crippen LogP contribution >= 0.6 is 11.3 Å². The molecule has 0 unspecified atom stereocenters. The minimum absolute atomic E-state index is 0.643. The van der Waals surface area contributed by atoms with E-state index in [-0.39, 0.29) is 0 Å². The normalized spacial score (nSPS) is 11.5. The summed E-state index contributed by atoms with van der Waals surface area (Å²) in [6.07, 6.45) is 7.23. The Hall–Kier alpha value is -5.20. The Morgan fingerprint density at radius 2 is 1.18 bits per heavy atom. The summed E-state index contributed by atoms with van der Waals surface area (Å²) in [5, 5.41) is 5.85. The number of pyridine rings is 2. The van der Waals surface area contributed by atoms with Gasteiger partial charge < -0.3 is 0 Å². The lowest BCUT2D eigenvalue weighted by molar-refractivity contribution is 0.995. The molecule has 8 rings (SSSR count). The van der Waals surface area contributed by atoms with E-state index < -0.39 is 0 Å². The van der Waals surface area contributed by atoms with E-state index in [2.05, 4.69) is 92.7 Å². The second-order valence-electron chi connectivity index (χ2n) is 9.64. The van der Waals surface area contributed by atoms with Gasteiger partial charge in [-0.15, -0.1) is 11.3 Å². The van der Waals surface area contributed by atoms with Gasteiger partial charge >= 0.3 is 0 Å². The summed E-state index contributed by atoms with van der Waals surface area (Å²) in [5.41, 5.74) is 8.19. The molecule has 0 aliphatic rings. The molecule has 5 nitrogen and oxygen atoms in total. The number of hydrogen-bond acceptors (Lipinski definition) is 5. The number of thiophene rings is 1. The SMILES string of the molecule is c1ccc2c(c1)c1c3sccc3ccc1n2-c1nc(-c2ccncc2)cc(-c2ccc(-c3ccncc3)cc2)n1. The molecule has 0 bridgehead atoms. The molecule has 0 radical (unpaired) electrons. The first-order valence-electron chi connectivity index (χ1n) is 13.0. The molecular formula is C34H21N5S. The molecule has 0 saturated carbocycles. The Kier molecular flexibility index (Phi) is 5.24. The molecule has 0 atom stereocenters. The lowest BCUT2D eigenvalue weighted by Gasteiger charge is -2.12. The zero-order chi connectivity index (χ0) is 26.5. The molecule has 0 aliphatic carbocycles. The summed E-state index contributed by atoms with van der Waals surface area (Å²) >= 11 is 1.77. The van der Waals surface area contributed by atoms with E-state index in [0.29, 0.717) is 5.95 Å². The Bertz CT molecular complexity index is 2150. The molecule has 5 heterocycles. The Morgan fingerprint density at radius 3 is 1.93 bits per heavy atom. The van der Waals surface area contributed by atoms with Crippen LogP contribution in [0, 0.1) is 0 Å². The van der Waals surface area contributed by atoms with Gasteiger partial charge in [0.15, 0.2) is 0 Å². The van der Waals surface area contributed by atoms with Crippen molar-refractivity contribution in [2.45, 2.75) is 0 Å². The fraction of sp³-hybridized carbons (Fsp3) is 0. The second kappa shape index (κ2) is 9.22. The van der Waals surface area contributed by atoms with Gasteiger partial charge in [0.1, 0.15) is 0 Å². The molecule has 0 aliphatic heterocycles. The van der Waals surface area contributed by atoms with Gasteiger partial charge in [0.2, 0.25) is 5.95 Å². The van der Waals surface area contributed by atoms with E-state index in [9.17, 15) is 0 Å². The minimum Gasteiger partial charge on any atom is -0.278 e. The first-order valence-corrected chi connectivity index (χ1v) is 13.9. The number of para-hydroxylation sites is 1. The van der Waals surface area contributed by atoms with Crippen molar-refractivity contribution in [2.75, 3.05) is 0 Å². The molecule has 8 aromatic rings. The third-order valence-electron chi connectivity index (χ3n) is 7.34. The van der Waals surface area contributed by atoms with Gasteiger partial charge in [0, 0.05) is 51.4 Å². The maximum absolute atomic E-state index is 5.17. The number of nitrogens with zero attached hydrogens (tertiary/aromatic N) is 5. The van der Waals surface area contributed by atoms with Gasteiger partial charge in [0.25, 0.3) is 0 Å². The molecule has 40 heavy (non-hydrogen) atoms. The Labute approximate surface area is 234 Å². The van der Waals surface area contributed by atoms with E-state index in [4.69, 9.17) is 9.97 Å². The maximum atomic E-state index is 5.17. The maximum Gasteiger partial charge on any atom is 0.235 e. The largest absolute Gasteiger partial charge is 0.278 e.